The van der Waals surface area contributed by atoms with E-state index >= 15 is 0 Å². The SMILES string of the molecule is CCC(c1ccnc(NC(=O)c2ccccc2C(=O)N2CCN(C(=O)OC(C)(C)C)CC2)c1)N1CCN(C(=O)OC(C)(C)C)CC1. The van der Waals surface area contributed by atoms with Gasteiger partial charge in [-0.1, -0.05) is 19.1 Å². The van der Waals surface area contributed by atoms with E-state index in [0.29, 0.717) is 58.2 Å². The molecule has 12 heteroatoms. The van der Waals surface area contributed by atoms with Gasteiger partial charge in [0, 0.05) is 64.6 Å². The molecule has 250 valence electrons. The van der Waals surface area contributed by atoms with Crippen molar-refractivity contribution in [2.75, 3.05) is 57.7 Å². The molecule has 4 amide bonds. The first-order valence-corrected chi connectivity index (χ1v) is 16.0. The second-order valence-electron chi connectivity index (χ2n) is 13.7. The van der Waals surface area contributed by atoms with Gasteiger partial charge in [0.15, 0.2) is 0 Å². The van der Waals surface area contributed by atoms with E-state index in [9.17, 15) is 19.2 Å². The number of pyridine rings is 1. The first-order chi connectivity index (χ1) is 21.6. The van der Waals surface area contributed by atoms with Gasteiger partial charge in [-0.05, 0) is 77.8 Å². The number of aromatic nitrogens is 1. The molecule has 1 N–H and O–H groups in total. The fourth-order valence-electron chi connectivity index (χ4n) is 5.61. The summed E-state index contributed by atoms with van der Waals surface area (Å²) < 4.78 is 11.0. The molecule has 0 bridgehead atoms. The Kier molecular flexibility index (Phi) is 10.9. The lowest BCUT2D eigenvalue weighted by molar-refractivity contribution is 0.00986. The van der Waals surface area contributed by atoms with E-state index in [-0.39, 0.29) is 29.2 Å². The van der Waals surface area contributed by atoms with Gasteiger partial charge in [-0.15, -0.1) is 0 Å². The molecule has 2 aliphatic heterocycles. The molecule has 4 rings (SSSR count). The van der Waals surface area contributed by atoms with Gasteiger partial charge in [-0.3, -0.25) is 14.5 Å². The summed E-state index contributed by atoms with van der Waals surface area (Å²) in [5, 5.41) is 2.89. The van der Waals surface area contributed by atoms with Crippen LogP contribution in [0.15, 0.2) is 42.6 Å². The van der Waals surface area contributed by atoms with Gasteiger partial charge < -0.3 is 29.5 Å². The highest BCUT2D eigenvalue weighted by Gasteiger charge is 2.31. The van der Waals surface area contributed by atoms with Crippen LogP contribution in [0.4, 0.5) is 15.4 Å². The summed E-state index contributed by atoms with van der Waals surface area (Å²) in [5.41, 5.74) is 0.410. The fourth-order valence-corrected chi connectivity index (χ4v) is 5.61. The van der Waals surface area contributed by atoms with Crippen molar-refractivity contribution < 1.29 is 28.7 Å². The molecular formula is C34H48N6O6. The minimum absolute atomic E-state index is 0.0765. The number of carbonyl (C=O) groups excluding carboxylic acids is 4. The van der Waals surface area contributed by atoms with E-state index in [4.69, 9.17) is 9.47 Å². The molecule has 0 radical (unpaired) electrons. The zero-order valence-corrected chi connectivity index (χ0v) is 28.2. The Balaban J connectivity index is 1.39. The van der Waals surface area contributed by atoms with E-state index in [0.717, 1.165) is 12.0 Å². The Morgan fingerprint density at radius 1 is 0.761 bits per heavy atom. The van der Waals surface area contributed by atoms with Gasteiger partial charge in [-0.25, -0.2) is 14.6 Å². The predicted molar refractivity (Wildman–Crippen MR) is 175 cm³/mol. The molecule has 0 aliphatic carbocycles. The third-order valence-corrected chi connectivity index (χ3v) is 7.82. The Bertz CT molecular complexity index is 1400. The maximum Gasteiger partial charge on any atom is 0.410 e. The van der Waals surface area contributed by atoms with Crippen molar-refractivity contribution in [3.05, 3.63) is 59.3 Å². The zero-order chi connectivity index (χ0) is 33.6. The summed E-state index contributed by atoms with van der Waals surface area (Å²) in [7, 11) is 0. The van der Waals surface area contributed by atoms with Crippen LogP contribution in [-0.4, -0.2) is 112 Å². The number of amides is 4. The van der Waals surface area contributed by atoms with Crippen molar-refractivity contribution in [3.8, 4) is 0 Å². The fraction of sp³-hybridized carbons (Fsp3) is 0.559. The van der Waals surface area contributed by atoms with Crippen LogP contribution in [0.25, 0.3) is 0 Å². The molecule has 1 atom stereocenters. The normalized spacial score (nSPS) is 16.9. The molecular weight excluding hydrogens is 588 g/mol. The van der Waals surface area contributed by atoms with Crippen LogP contribution in [0.1, 0.15) is 87.2 Å². The van der Waals surface area contributed by atoms with Crippen LogP contribution in [0.3, 0.4) is 0 Å². The van der Waals surface area contributed by atoms with Crippen LogP contribution >= 0.6 is 0 Å². The lowest BCUT2D eigenvalue weighted by Crippen LogP contribution is -2.51. The second kappa shape index (κ2) is 14.5. The van der Waals surface area contributed by atoms with E-state index in [1.807, 2.05) is 53.7 Å². The number of nitrogens with one attached hydrogen (secondary N) is 1. The summed E-state index contributed by atoms with van der Waals surface area (Å²) in [6.07, 6.45) is 1.81. The number of benzene rings is 1. The van der Waals surface area contributed by atoms with Crippen LogP contribution in [0.5, 0.6) is 0 Å². The van der Waals surface area contributed by atoms with Gasteiger partial charge in [0.1, 0.15) is 17.0 Å². The standard InChI is InChI=1S/C34H48N6O6/c1-8-27(37-15-19-39(20-16-37)31(43)45-33(2,3)4)24-13-14-35-28(23-24)36-29(41)25-11-9-10-12-26(25)30(42)38-17-21-40(22-18-38)32(44)46-34(5,6)7/h9-14,23,27H,8,15-22H2,1-7H3,(H,35,36,41). The molecule has 12 nitrogen and oxygen atoms in total. The molecule has 0 spiro atoms. The smallest absolute Gasteiger partial charge is 0.410 e. The largest absolute Gasteiger partial charge is 0.444 e. The Morgan fingerprint density at radius 3 is 1.78 bits per heavy atom. The number of rotatable bonds is 6. The van der Waals surface area contributed by atoms with Crippen molar-refractivity contribution in [1.82, 2.24) is 24.6 Å². The molecule has 2 fully saturated rings. The highest BCUT2D eigenvalue weighted by molar-refractivity contribution is 6.11. The second-order valence-corrected chi connectivity index (χ2v) is 13.7. The number of ether oxygens (including phenoxy) is 2. The Morgan fingerprint density at radius 2 is 1.26 bits per heavy atom. The van der Waals surface area contributed by atoms with Crippen molar-refractivity contribution in [1.29, 1.82) is 0 Å². The van der Waals surface area contributed by atoms with Crippen molar-refractivity contribution in [3.63, 3.8) is 0 Å². The molecule has 3 heterocycles. The highest BCUT2D eigenvalue weighted by atomic mass is 16.6. The molecule has 2 aromatic rings. The highest BCUT2D eigenvalue weighted by Crippen LogP contribution is 2.27. The molecule has 2 aliphatic rings. The first kappa shape index (κ1) is 34.7. The van der Waals surface area contributed by atoms with E-state index < -0.39 is 23.2 Å². The minimum Gasteiger partial charge on any atom is -0.444 e. The predicted octanol–water partition coefficient (Wildman–Crippen LogP) is 5.03. The van der Waals surface area contributed by atoms with E-state index in [1.54, 1.807) is 45.2 Å². The van der Waals surface area contributed by atoms with Crippen molar-refractivity contribution in [2.45, 2.75) is 72.1 Å². The topological polar surface area (TPSA) is 125 Å². The summed E-state index contributed by atoms with van der Waals surface area (Å²) in [5.74, 6) is -0.311. The maximum absolute atomic E-state index is 13.5. The number of anilines is 1. The van der Waals surface area contributed by atoms with Gasteiger partial charge in [-0.2, -0.15) is 0 Å². The lowest BCUT2D eigenvalue weighted by Gasteiger charge is -2.39. The van der Waals surface area contributed by atoms with Gasteiger partial charge >= 0.3 is 12.2 Å². The summed E-state index contributed by atoms with van der Waals surface area (Å²) in [4.78, 5) is 63.7. The summed E-state index contributed by atoms with van der Waals surface area (Å²) >= 11 is 0. The molecule has 2 saturated heterocycles. The molecule has 46 heavy (non-hydrogen) atoms. The Labute approximate surface area is 272 Å². The van der Waals surface area contributed by atoms with Crippen molar-refractivity contribution >= 4 is 29.8 Å². The van der Waals surface area contributed by atoms with Crippen molar-refractivity contribution in [2.24, 2.45) is 0 Å². The average molecular weight is 637 g/mol. The number of hydrogen-bond acceptors (Lipinski definition) is 8. The third kappa shape index (κ3) is 9.18. The van der Waals surface area contributed by atoms with Crippen LogP contribution in [-0.2, 0) is 9.47 Å². The van der Waals surface area contributed by atoms with Gasteiger partial charge in [0.05, 0.1) is 11.1 Å². The van der Waals surface area contributed by atoms with E-state index in [1.165, 1.54) is 0 Å². The quantitative estimate of drug-likeness (QED) is 0.468. The molecule has 1 aromatic carbocycles. The number of nitrogens with zero attached hydrogens (tertiary/aromatic N) is 5. The molecule has 1 aromatic heterocycles. The molecule has 1 unspecified atom stereocenters. The van der Waals surface area contributed by atoms with Gasteiger partial charge in [0.25, 0.3) is 11.8 Å². The minimum atomic E-state index is -0.596. The zero-order valence-electron chi connectivity index (χ0n) is 28.2. The first-order valence-electron chi connectivity index (χ1n) is 16.0. The summed E-state index contributed by atoms with van der Waals surface area (Å²) in [6.45, 7) is 17.1. The lowest BCUT2D eigenvalue weighted by atomic mass is 10.0. The molecule has 0 saturated carbocycles. The van der Waals surface area contributed by atoms with Gasteiger partial charge in [0.2, 0.25) is 0 Å². The maximum atomic E-state index is 13.5. The summed E-state index contributed by atoms with van der Waals surface area (Å²) in [6, 6.07) is 10.6. The Hall–Kier alpha value is -4.19. The average Bonchev–Trinajstić information content (AvgIpc) is 3.00. The monoisotopic (exact) mass is 636 g/mol. The number of carbonyl (C=O) groups is 4. The van der Waals surface area contributed by atoms with Crippen LogP contribution in [0, 0.1) is 0 Å². The van der Waals surface area contributed by atoms with E-state index in [2.05, 4.69) is 22.1 Å². The van der Waals surface area contributed by atoms with Crippen LogP contribution < -0.4 is 5.32 Å². The number of hydrogen-bond donors (Lipinski definition) is 1. The number of piperazine rings is 2. The van der Waals surface area contributed by atoms with Crippen LogP contribution in [0.2, 0.25) is 0 Å². The third-order valence-electron chi connectivity index (χ3n) is 7.82.